The zero-order chi connectivity index (χ0) is 18.3. The molecule has 0 saturated carbocycles. The van der Waals surface area contributed by atoms with E-state index >= 15 is 0 Å². The van der Waals surface area contributed by atoms with Crippen molar-refractivity contribution in [1.82, 2.24) is 0 Å². The van der Waals surface area contributed by atoms with E-state index < -0.39 is 0 Å². The molecular weight excluding hydrogens is 397 g/mol. The Balaban J connectivity index is 1.84. The Labute approximate surface area is 159 Å². The number of carbonyl (C=O) groups is 2. The van der Waals surface area contributed by atoms with Crippen LogP contribution in [-0.4, -0.2) is 11.7 Å². The van der Waals surface area contributed by atoms with Crippen LogP contribution in [0.3, 0.4) is 0 Å². The van der Waals surface area contributed by atoms with Gasteiger partial charge in [-0.2, -0.15) is 0 Å². The van der Waals surface area contributed by atoms with Crippen molar-refractivity contribution < 1.29 is 14.0 Å². The fourth-order valence-electron chi connectivity index (χ4n) is 3.86. The van der Waals surface area contributed by atoms with E-state index in [-0.39, 0.29) is 29.8 Å². The average Bonchev–Trinajstić information content (AvgIpc) is 2.63. The van der Waals surface area contributed by atoms with Gasteiger partial charge in [0.1, 0.15) is 5.82 Å². The van der Waals surface area contributed by atoms with Gasteiger partial charge in [-0.1, -0.05) is 28.1 Å². The molecule has 1 heterocycles. The molecule has 4 rings (SSSR count). The second-order valence-electron chi connectivity index (χ2n) is 6.65. The van der Waals surface area contributed by atoms with Gasteiger partial charge in [0.25, 0.3) is 0 Å². The zero-order valence-electron chi connectivity index (χ0n) is 14.0. The summed E-state index contributed by atoms with van der Waals surface area (Å²) in [5, 5.41) is 0. The lowest BCUT2D eigenvalue weighted by Crippen LogP contribution is -2.40. The van der Waals surface area contributed by atoms with Gasteiger partial charge in [-0.15, -0.1) is 0 Å². The van der Waals surface area contributed by atoms with Gasteiger partial charge in [-0.05, 0) is 54.8 Å². The summed E-state index contributed by atoms with van der Waals surface area (Å²) in [5.74, 6) is -0.556. The molecule has 0 aromatic heterocycles. The van der Waals surface area contributed by atoms with Gasteiger partial charge in [0.15, 0.2) is 5.78 Å². The molecule has 2 aromatic carbocycles. The number of amides is 1. The van der Waals surface area contributed by atoms with Gasteiger partial charge >= 0.3 is 0 Å². The lowest BCUT2D eigenvalue weighted by atomic mass is 9.77. The molecule has 3 nitrogen and oxygen atoms in total. The van der Waals surface area contributed by atoms with E-state index in [1.807, 2.05) is 24.3 Å². The highest BCUT2D eigenvalue weighted by molar-refractivity contribution is 9.10. The van der Waals surface area contributed by atoms with E-state index in [1.165, 1.54) is 12.1 Å². The van der Waals surface area contributed by atoms with Gasteiger partial charge in [0.2, 0.25) is 5.91 Å². The molecule has 0 spiro atoms. The third-order valence-corrected chi connectivity index (χ3v) is 5.56. The lowest BCUT2D eigenvalue weighted by molar-refractivity contribution is -0.119. The summed E-state index contributed by atoms with van der Waals surface area (Å²) in [6, 6.07) is 13.7. The van der Waals surface area contributed by atoms with Crippen LogP contribution in [-0.2, 0) is 9.59 Å². The maximum atomic E-state index is 13.3. The van der Waals surface area contributed by atoms with Crippen molar-refractivity contribution in [1.29, 1.82) is 0 Å². The van der Waals surface area contributed by atoms with E-state index in [0.29, 0.717) is 18.4 Å². The molecule has 0 saturated heterocycles. The van der Waals surface area contributed by atoms with E-state index in [2.05, 4.69) is 15.9 Å². The fraction of sp³-hybridized carbons (Fsp3) is 0.238. The first-order chi connectivity index (χ1) is 12.5. The number of hydrogen-bond acceptors (Lipinski definition) is 2. The Hall–Kier alpha value is -2.27. The van der Waals surface area contributed by atoms with Crippen molar-refractivity contribution >= 4 is 33.3 Å². The topological polar surface area (TPSA) is 37.4 Å². The first kappa shape index (κ1) is 17.2. The maximum Gasteiger partial charge on any atom is 0.232 e. The van der Waals surface area contributed by atoms with Gasteiger partial charge < -0.3 is 0 Å². The van der Waals surface area contributed by atoms with Gasteiger partial charge in [0.05, 0.1) is 0 Å². The van der Waals surface area contributed by atoms with Crippen LogP contribution in [0.15, 0.2) is 64.3 Å². The standard InChI is InChI=1S/C21H17BrFNO2/c22-14-6-10-16(11-7-14)24-18-2-1-3-19(25)21(18)17(12-20(24)26)13-4-8-15(23)9-5-13/h4-11,17H,1-3,12H2. The molecule has 26 heavy (non-hydrogen) atoms. The zero-order valence-corrected chi connectivity index (χ0v) is 15.6. The number of rotatable bonds is 2. The number of benzene rings is 2. The summed E-state index contributed by atoms with van der Waals surface area (Å²) in [7, 11) is 0. The van der Waals surface area contributed by atoms with Crippen molar-refractivity contribution in [3.63, 3.8) is 0 Å². The number of allylic oxidation sites excluding steroid dienone is 2. The largest absolute Gasteiger partial charge is 0.294 e. The van der Waals surface area contributed by atoms with Crippen LogP contribution in [0.4, 0.5) is 10.1 Å². The second kappa shape index (κ2) is 6.80. The summed E-state index contributed by atoms with van der Waals surface area (Å²) in [6.45, 7) is 0. The molecule has 2 aliphatic rings. The van der Waals surface area contributed by atoms with Crippen LogP contribution in [0.2, 0.25) is 0 Å². The molecule has 1 amide bonds. The predicted molar refractivity (Wildman–Crippen MR) is 101 cm³/mol. The highest BCUT2D eigenvalue weighted by atomic mass is 79.9. The van der Waals surface area contributed by atoms with Crippen molar-refractivity contribution in [2.75, 3.05) is 4.90 Å². The summed E-state index contributed by atoms with van der Waals surface area (Å²) >= 11 is 3.41. The van der Waals surface area contributed by atoms with Gasteiger partial charge in [-0.3, -0.25) is 14.5 Å². The number of ketones is 1. The molecule has 2 aromatic rings. The summed E-state index contributed by atoms with van der Waals surface area (Å²) in [4.78, 5) is 27.4. The molecule has 0 radical (unpaired) electrons. The van der Waals surface area contributed by atoms with Gasteiger partial charge in [0, 0.05) is 40.2 Å². The van der Waals surface area contributed by atoms with E-state index in [4.69, 9.17) is 0 Å². The average molecular weight is 414 g/mol. The number of nitrogens with zero attached hydrogens (tertiary/aromatic N) is 1. The Morgan fingerprint density at radius 1 is 0.962 bits per heavy atom. The lowest BCUT2D eigenvalue weighted by Gasteiger charge is -2.38. The molecule has 1 aliphatic heterocycles. The molecule has 1 atom stereocenters. The monoisotopic (exact) mass is 413 g/mol. The minimum atomic E-state index is -0.323. The molecule has 132 valence electrons. The van der Waals surface area contributed by atoms with Crippen LogP contribution >= 0.6 is 15.9 Å². The van der Waals surface area contributed by atoms with Crippen LogP contribution in [0.25, 0.3) is 0 Å². The Morgan fingerprint density at radius 3 is 2.35 bits per heavy atom. The van der Waals surface area contributed by atoms with E-state index in [9.17, 15) is 14.0 Å². The summed E-state index contributed by atoms with van der Waals surface area (Å²) < 4.78 is 14.2. The molecule has 5 heteroatoms. The number of anilines is 1. The second-order valence-corrected chi connectivity index (χ2v) is 7.57. The van der Waals surface area contributed by atoms with Crippen LogP contribution in [0, 0.1) is 5.82 Å². The van der Waals surface area contributed by atoms with E-state index in [0.717, 1.165) is 27.8 Å². The number of Topliss-reactive ketones (excluding diaryl/α,β-unsaturated/α-hetero) is 1. The van der Waals surface area contributed by atoms with Crippen molar-refractivity contribution in [3.8, 4) is 0 Å². The summed E-state index contributed by atoms with van der Waals surface area (Å²) in [5.41, 5.74) is 3.11. The molecular formula is C21H17BrFNO2. The van der Waals surface area contributed by atoms with Crippen molar-refractivity contribution in [2.45, 2.75) is 31.6 Å². The first-order valence-corrected chi connectivity index (χ1v) is 9.44. The Morgan fingerprint density at radius 2 is 1.65 bits per heavy atom. The van der Waals surface area contributed by atoms with Gasteiger partial charge in [-0.25, -0.2) is 4.39 Å². The predicted octanol–water partition coefficient (Wildman–Crippen LogP) is 5.12. The van der Waals surface area contributed by atoms with E-state index in [1.54, 1.807) is 17.0 Å². The molecule has 0 bridgehead atoms. The Bertz CT molecular complexity index is 903. The minimum absolute atomic E-state index is 0.0323. The van der Waals surface area contributed by atoms with Crippen LogP contribution in [0.1, 0.15) is 37.2 Å². The van der Waals surface area contributed by atoms with Crippen molar-refractivity contribution in [3.05, 3.63) is 75.7 Å². The smallest absolute Gasteiger partial charge is 0.232 e. The summed E-state index contributed by atoms with van der Waals surface area (Å²) in [6.07, 6.45) is 2.15. The van der Waals surface area contributed by atoms with Crippen molar-refractivity contribution in [2.24, 2.45) is 0 Å². The first-order valence-electron chi connectivity index (χ1n) is 8.65. The third-order valence-electron chi connectivity index (χ3n) is 5.03. The Kier molecular flexibility index (Phi) is 4.49. The molecule has 0 fully saturated rings. The molecule has 1 aliphatic carbocycles. The quantitative estimate of drug-likeness (QED) is 0.685. The fourth-order valence-corrected chi connectivity index (χ4v) is 4.13. The molecule has 1 unspecified atom stereocenters. The minimum Gasteiger partial charge on any atom is -0.294 e. The maximum absolute atomic E-state index is 13.3. The van der Waals surface area contributed by atoms with Crippen LogP contribution in [0.5, 0.6) is 0 Å². The highest BCUT2D eigenvalue weighted by Crippen LogP contribution is 2.43. The molecule has 0 N–H and O–H groups in total. The third kappa shape index (κ3) is 3.01. The highest BCUT2D eigenvalue weighted by Gasteiger charge is 2.39. The SMILES string of the molecule is O=C1CCCC2=C1C(c1ccc(F)cc1)CC(=O)N2c1ccc(Br)cc1. The van der Waals surface area contributed by atoms with Crippen LogP contribution < -0.4 is 4.90 Å². The number of halogens is 2. The normalized spacial score (nSPS) is 20.4. The number of hydrogen-bond donors (Lipinski definition) is 0. The number of carbonyl (C=O) groups excluding carboxylic acids is 2.